The molecule has 6 heteroatoms. The number of carbonyl (C=O) groups is 1. The first-order chi connectivity index (χ1) is 8.47. The van der Waals surface area contributed by atoms with Gasteiger partial charge in [0.25, 0.3) is 0 Å². The zero-order valence-corrected chi connectivity index (χ0v) is 10.4. The number of rotatable bonds is 2. The van der Waals surface area contributed by atoms with Gasteiger partial charge in [0.05, 0.1) is 15.6 Å². The lowest BCUT2D eigenvalue weighted by Gasteiger charge is -2.04. The fourth-order valence-corrected chi connectivity index (χ4v) is 1.78. The van der Waals surface area contributed by atoms with Crippen molar-refractivity contribution in [3.63, 3.8) is 0 Å². The second kappa shape index (κ2) is 4.84. The lowest BCUT2D eigenvalue weighted by molar-refractivity contribution is 0.0696. The fraction of sp³-hybridized carbons (Fsp3) is 0. The highest BCUT2D eigenvalue weighted by Gasteiger charge is 2.08. The van der Waals surface area contributed by atoms with Crippen LogP contribution in [0.4, 0.5) is 0 Å². The molecule has 0 radical (unpaired) electrons. The number of hydrogen-bond acceptors (Lipinski definition) is 2. The van der Waals surface area contributed by atoms with Crippen LogP contribution in [0.2, 0.25) is 10.0 Å². The molecule has 0 unspecified atom stereocenters. The maximum Gasteiger partial charge on any atom is 0.335 e. The molecule has 0 saturated heterocycles. The number of H-pyrrole nitrogens is 1. The zero-order chi connectivity index (χ0) is 13.3. The Morgan fingerprint density at radius 2 is 1.83 bits per heavy atom. The molecule has 0 saturated carbocycles. The van der Waals surface area contributed by atoms with Crippen LogP contribution in [0.5, 0.6) is 0 Å². The van der Waals surface area contributed by atoms with Crippen LogP contribution >= 0.6 is 23.2 Å². The van der Waals surface area contributed by atoms with Crippen molar-refractivity contribution in [3.05, 3.63) is 56.3 Å². The first kappa shape index (κ1) is 12.7. The summed E-state index contributed by atoms with van der Waals surface area (Å²) in [6.07, 6.45) is 0. The van der Waals surface area contributed by atoms with Crippen molar-refractivity contribution in [2.45, 2.75) is 0 Å². The molecule has 2 aromatic rings. The molecule has 0 aliphatic heterocycles. The van der Waals surface area contributed by atoms with E-state index >= 15 is 0 Å². The van der Waals surface area contributed by atoms with E-state index in [9.17, 15) is 9.59 Å². The van der Waals surface area contributed by atoms with E-state index in [2.05, 4.69) is 4.98 Å². The van der Waals surface area contributed by atoms with E-state index in [4.69, 9.17) is 28.3 Å². The summed E-state index contributed by atoms with van der Waals surface area (Å²) in [6, 6.07) is 7.16. The van der Waals surface area contributed by atoms with Crippen molar-refractivity contribution >= 4 is 29.2 Å². The highest BCUT2D eigenvalue weighted by Crippen LogP contribution is 2.27. The Hall–Kier alpha value is -1.78. The van der Waals surface area contributed by atoms with E-state index in [1.807, 2.05) is 0 Å². The van der Waals surface area contributed by atoms with Crippen molar-refractivity contribution < 1.29 is 9.90 Å². The van der Waals surface area contributed by atoms with Crippen LogP contribution in [-0.2, 0) is 0 Å². The third-order valence-electron chi connectivity index (χ3n) is 2.32. The van der Waals surface area contributed by atoms with Gasteiger partial charge in [0, 0.05) is 11.8 Å². The third-order valence-corrected chi connectivity index (χ3v) is 3.06. The van der Waals surface area contributed by atoms with Crippen LogP contribution in [0.25, 0.3) is 11.3 Å². The van der Waals surface area contributed by atoms with E-state index in [-0.39, 0.29) is 5.56 Å². The number of nitrogens with one attached hydrogen (secondary N) is 1. The first-order valence-electron chi connectivity index (χ1n) is 4.90. The van der Waals surface area contributed by atoms with Gasteiger partial charge in [0.1, 0.15) is 0 Å². The van der Waals surface area contributed by atoms with Crippen molar-refractivity contribution in [3.8, 4) is 11.3 Å². The normalized spacial score (nSPS) is 10.3. The Morgan fingerprint density at radius 3 is 2.44 bits per heavy atom. The second-order valence-corrected chi connectivity index (χ2v) is 4.40. The molecular formula is C12H7Cl2NO3. The van der Waals surface area contributed by atoms with Crippen LogP contribution in [0, 0.1) is 0 Å². The summed E-state index contributed by atoms with van der Waals surface area (Å²) < 4.78 is 0. The minimum atomic E-state index is -1.16. The van der Waals surface area contributed by atoms with Crippen LogP contribution in [0.15, 0.2) is 35.1 Å². The molecule has 0 spiro atoms. The highest BCUT2D eigenvalue weighted by atomic mass is 35.5. The van der Waals surface area contributed by atoms with E-state index in [1.165, 1.54) is 6.07 Å². The van der Waals surface area contributed by atoms with Gasteiger partial charge in [-0.2, -0.15) is 0 Å². The first-order valence-corrected chi connectivity index (χ1v) is 5.66. The van der Waals surface area contributed by atoms with Gasteiger partial charge < -0.3 is 10.1 Å². The highest BCUT2D eigenvalue weighted by molar-refractivity contribution is 6.42. The average Bonchev–Trinajstić information content (AvgIpc) is 2.31. The predicted octanol–water partition coefficient (Wildman–Crippen LogP) is 3.05. The number of hydrogen-bond donors (Lipinski definition) is 2. The number of aromatic nitrogens is 1. The van der Waals surface area contributed by atoms with Gasteiger partial charge in [-0.05, 0) is 23.8 Å². The van der Waals surface area contributed by atoms with E-state index < -0.39 is 11.5 Å². The van der Waals surface area contributed by atoms with Crippen LogP contribution < -0.4 is 5.56 Å². The Balaban J connectivity index is 2.60. The Morgan fingerprint density at radius 1 is 1.11 bits per heavy atom. The summed E-state index contributed by atoms with van der Waals surface area (Å²) in [5.74, 6) is -1.16. The second-order valence-electron chi connectivity index (χ2n) is 3.58. The van der Waals surface area contributed by atoms with Crippen LogP contribution in [0.3, 0.4) is 0 Å². The molecule has 1 aromatic carbocycles. The molecule has 1 heterocycles. The topological polar surface area (TPSA) is 70.2 Å². The summed E-state index contributed by atoms with van der Waals surface area (Å²) in [6.45, 7) is 0. The van der Waals surface area contributed by atoms with Gasteiger partial charge >= 0.3 is 5.97 Å². The van der Waals surface area contributed by atoms with Gasteiger partial charge in [-0.15, -0.1) is 0 Å². The number of aromatic amines is 1. The molecule has 2 N–H and O–H groups in total. The van der Waals surface area contributed by atoms with E-state index in [0.717, 1.165) is 6.07 Å². The molecule has 0 bridgehead atoms. The van der Waals surface area contributed by atoms with Gasteiger partial charge in [-0.3, -0.25) is 4.79 Å². The standard InChI is InChI=1S/C12H7Cl2NO3/c13-8-2-1-6(3-9(8)14)10-4-7(12(17)18)5-11(16)15-10/h1-5H,(H,15,16)(H,17,18). The number of halogens is 2. The van der Waals surface area contributed by atoms with Crippen LogP contribution in [-0.4, -0.2) is 16.1 Å². The number of pyridine rings is 1. The largest absolute Gasteiger partial charge is 0.478 e. The monoisotopic (exact) mass is 283 g/mol. The van der Waals surface area contributed by atoms with Gasteiger partial charge in [-0.1, -0.05) is 29.3 Å². The number of aromatic carboxylic acids is 1. The number of carboxylic acids is 1. The minimum absolute atomic E-state index is 0.0835. The molecule has 2 rings (SSSR count). The fourth-order valence-electron chi connectivity index (χ4n) is 1.49. The Kier molecular flexibility index (Phi) is 3.41. The van der Waals surface area contributed by atoms with Crippen molar-refractivity contribution in [1.82, 2.24) is 4.98 Å². The van der Waals surface area contributed by atoms with Gasteiger partial charge in [0.15, 0.2) is 0 Å². The van der Waals surface area contributed by atoms with Crippen molar-refractivity contribution in [2.24, 2.45) is 0 Å². The van der Waals surface area contributed by atoms with Gasteiger partial charge in [0.2, 0.25) is 5.56 Å². The quantitative estimate of drug-likeness (QED) is 0.890. The lowest BCUT2D eigenvalue weighted by Crippen LogP contribution is -2.10. The van der Waals surface area contributed by atoms with Crippen LogP contribution in [0.1, 0.15) is 10.4 Å². The number of benzene rings is 1. The summed E-state index contributed by atoms with van der Waals surface area (Å²) in [5.41, 5.74) is 0.388. The molecule has 0 amide bonds. The molecular weight excluding hydrogens is 277 g/mol. The minimum Gasteiger partial charge on any atom is -0.478 e. The van der Waals surface area contributed by atoms with E-state index in [1.54, 1.807) is 18.2 Å². The molecule has 0 aliphatic rings. The lowest BCUT2D eigenvalue weighted by atomic mass is 10.1. The molecule has 0 aliphatic carbocycles. The van der Waals surface area contributed by atoms with Gasteiger partial charge in [-0.25, -0.2) is 4.79 Å². The zero-order valence-electron chi connectivity index (χ0n) is 8.91. The average molecular weight is 284 g/mol. The smallest absolute Gasteiger partial charge is 0.335 e. The summed E-state index contributed by atoms with van der Waals surface area (Å²) in [7, 11) is 0. The maximum absolute atomic E-state index is 11.4. The molecule has 0 fully saturated rings. The summed E-state index contributed by atoms with van der Waals surface area (Å²) in [4.78, 5) is 24.8. The Bertz CT molecular complexity index is 679. The summed E-state index contributed by atoms with van der Waals surface area (Å²) >= 11 is 11.6. The Labute approximate surface area is 112 Å². The molecule has 18 heavy (non-hydrogen) atoms. The molecule has 92 valence electrons. The molecule has 4 nitrogen and oxygen atoms in total. The summed E-state index contributed by atoms with van der Waals surface area (Å²) in [5, 5.41) is 9.60. The van der Waals surface area contributed by atoms with Crippen molar-refractivity contribution in [1.29, 1.82) is 0 Å². The SMILES string of the molecule is O=C(O)c1cc(-c2ccc(Cl)c(Cl)c2)[nH]c(=O)c1. The van der Waals surface area contributed by atoms with E-state index in [0.29, 0.717) is 21.3 Å². The van der Waals surface area contributed by atoms with Crippen molar-refractivity contribution in [2.75, 3.05) is 0 Å². The third kappa shape index (κ3) is 2.55. The maximum atomic E-state index is 11.4. The number of carboxylic acid groups (broad SMARTS) is 1. The predicted molar refractivity (Wildman–Crippen MR) is 69.5 cm³/mol. The molecule has 1 aromatic heterocycles. The molecule has 0 atom stereocenters.